The second kappa shape index (κ2) is 7.62. The molecule has 3 aromatic rings. The van der Waals surface area contributed by atoms with Crippen LogP contribution in [0, 0.1) is 0 Å². The summed E-state index contributed by atoms with van der Waals surface area (Å²) in [6, 6.07) is 9.94. The lowest BCUT2D eigenvalue weighted by Crippen LogP contribution is -2.42. The Labute approximate surface area is 165 Å². The van der Waals surface area contributed by atoms with Crippen molar-refractivity contribution in [2.24, 2.45) is 0 Å². The average Bonchev–Trinajstić information content (AvgIpc) is 3.04. The van der Waals surface area contributed by atoms with Crippen LogP contribution in [0.4, 0.5) is 0 Å². The lowest BCUT2D eigenvalue weighted by Gasteiger charge is -2.30. The van der Waals surface area contributed by atoms with Crippen molar-refractivity contribution in [1.82, 2.24) is 19.5 Å². The minimum atomic E-state index is 0.151. The maximum atomic E-state index is 12.8. The molecule has 0 bridgehead atoms. The Kier molecular flexibility index (Phi) is 5.03. The van der Waals surface area contributed by atoms with Crippen molar-refractivity contribution >= 4 is 11.6 Å². The SMILES string of the molecule is CCc1cc(CC)n2nc(-c3ccc(OC)cc3)c(CC(=O)N3CCC3)c2n1. The molecule has 4 rings (SSSR count). The number of rotatable bonds is 6. The molecular weight excluding hydrogens is 352 g/mol. The maximum Gasteiger partial charge on any atom is 0.227 e. The van der Waals surface area contributed by atoms with Gasteiger partial charge in [-0.1, -0.05) is 13.8 Å². The Morgan fingerprint density at radius 3 is 2.46 bits per heavy atom. The number of fused-ring (bicyclic) bond motifs is 1. The van der Waals surface area contributed by atoms with Crippen LogP contribution in [0.1, 0.15) is 37.2 Å². The summed E-state index contributed by atoms with van der Waals surface area (Å²) in [5.41, 5.74) is 5.65. The highest BCUT2D eigenvalue weighted by Crippen LogP contribution is 2.29. The Bertz CT molecular complexity index is 1000. The summed E-state index contributed by atoms with van der Waals surface area (Å²) in [6.07, 6.45) is 3.12. The van der Waals surface area contributed by atoms with Crippen molar-refractivity contribution in [2.75, 3.05) is 20.2 Å². The number of amides is 1. The molecule has 2 aromatic heterocycles. The van der Waals surface area contributed by atoms with Crippen molar-refractivity contribution in [1.29, 1.82) is 0 Å². The number of aryl methyl sites for hydroxylation is 2. The van der Waals surface area contributed by atoms with Gasteiger partial charge in [-0.2, -0.15) is 5.10 Å². The van der Waals surface area contributed by atoms with Gasteiger partial charge in [-0.15, -0.1) is 0 Å². The van der Waals surface area contributed by atoms with Gasteiger partial charge in [-0.05, 0) is 49.6 Å². The third-order valence-corrected chi connectivity index (χ3v) is 5.44. The summed E-state index contributed by atoms with van der Waals surface area (Å²) in [5, 5.41) is 4.88. The number of nitrogens with zero attached hydrogens (tertiary/aromatic N) is 4. The van der Waals surface area contributed by atoms with Gasteiger partial charge >= 0.3 is 0 Å². The fourth-order valence-electron chi connectivity index (χ4n) is 3.58. The molecule has 0 saturated carbocycles. The number of hydrogen-bond donors (Lipinski definition) is 0. The van der Waals surface area contributed by atoms with Crippen LogP contribution in [-0.4, -0.2) is 45.6 Å². The molecule has 1 aliphatic rings. The second-order valence-corrected chi connectivity index (χ2v) is 7.15. The van der Waals surface area contributed by atoms with Crippen molar-refractivity contribution < 1.29 is 9.53 Å². The summed E-state index contributed by atoms with van der Waals surface area (Å²) in [5.74, 6) is 0.948. The highest BCUT2D eigenvalue weighted by molar-refractivity contribution is 5.85. The van der Waals surface area contributed by atoms with Crippen LogP contribution in [0.3, 0.4) is 0 Å². The molecule has 146 valence electrons. The lowest BCUT2D eigenvalue weighted by atomic mass is 10.0. The topological polar surface area (TPSA) is 59.7 Å². The number of aromatic nitrogens is 3. The van der Waals surface area contributed by atoms with Gasteiger partial charge in [-0.3, -0.25) is 4.79 Å². The molecule has 1 aliphatic heterocycles. The van der Waals surface area contributed by atoms with Crippen molar-refractivity contribution in [3.63, 3.8) is 0 Å². The van der Waals surface area contributed by atoms with Gasteiger partial charge in [0.25, 0.3) is 0 Å². The molecule has 1 amide bonds. The molecule has 1 saturated heterocycles. The third-order valence-electron chi connectivity index (χ3n) is 5.44. The van der Waals surface area contributed by atoms with Crippen molar-refractivity contribution in [3.05, 3.63) is 47.3 Å². The van der Waals surface area contributed by atoms with E-state index in [1.54, 1.807) is 7.11 Å². The molecule has 3 heterocycles. The molecular formula is C22H26N4O2. The molecule has 0 radical (unpaired) electrons. The van der Waals surface area contributed by atoms with E-state index >= 15 is 0 Å². The monoisotopic (exact) mass is 378 g/mol. The minimum absolute atomic E-state index is 0.151. The Morgan fingerprint density at radius 1 is 1.14 bits per heavy atom. The lowest BCUT2D eigenvalue weighted by molar-refractivity contribution is -0.133. The van der Waals surface area contributed by atoms with Crippen molar-refractivity contribution in [3.8, 4) is 17.0 Å². The molecule has 0 aliphatic carbocycles. The zero-order chi connectivity index (χ0) is 19.7. The molecule has 0 atom stereocenters. The number of methoxy groups -OCH3 is 1. The first kappa shape index (κ1) is 18.5. The molecule has 0 spiro atoms. The maximum absolute atomic E-state index is 12.8. The standard InChI is InChI=1S/C22H26N4O2/c1-4-16-13-17(5-2)26-22(23-16)19(14-20(27)25-11-6-12-25)21(24-26)15-7-9-18(28-3)10-8-15/h7-10,13H,4-6,11-12,14H2,1-3H3. The van der Waals surface area contributed by atoms with Gasteiger partial charge in [0.2, 0.25) is 5.91 Å². The number of likely N-dealkylation sites (tertiary alicyclic amines) is 1. The van der Waals surface area contributed by atoms with Crippen LogP contribution in [0.2, 0.25) is 0 Å². The summed E-state index contributed by atoms with van der Waals surface area (Å²) in [7, 11) is 1.65. The van der Waals surface area contributed by atoms with Crippen LogP contribution in [-0.2, 0) is 24.1 Å². The van der Waals surface area contributed by atoms with Crippen LogP contribution in [0.25, 0.3) is 16.9 Å². The van der Waals surface area contributed by atoms with Crippen molar-refractivity contribution in [2.45, 2.75) is 39.5 Å². The van der Waals surface area contributed by atoms with Crippen LogP contribution in [0.5, 0.6) is 5.75 Å². The zero-order valence-corrected chi connectivity index (χ0v) is 16.7. The number of hydrogen-bond acceptors (Lipinski definition) is 4. The van der Waals surface area contributed by atoms with E-state index in [9.17, 15) is 4.79 Å². The van der Waals surface area contributed by atoms with E-state index in [4.69, 9.17) is 14.8 Å². The van der Waals surface area contributed by atoms with E-state index in [2.05, 4.69) is 19.9 Å². The summed E-state index contributed by atoms with van der Waals surface area (Å²) < 4.78 is 7.19. The first-order chi connectivity index (χ1) is 13.6. The predicted octanol–water partition coefficient (Wildman–Crippen LogP) is 3.30. The van der Waals surface area contributed by atoms with Gasteiger partial charge in [0, 0.05) is 35.6 Å². The molecule has 1 fully saturated rings. The minimum Gasteiger partial charge on any atom is -0.497 e. The van der Waals surface area contributed by atoms with Gasteiger partial charge in [0.15, 0.2) is 5.65 Å². The molecule has 28 heavy (non-hydrogen) atoms. The Hall–Kier alpha value is -2.89. The fraction of sp³-hybridized carbons (Fsp3) is 0.409. The second-order valence-electron chi connectivity index (χ2n) is 7.15. The highest BCUT2D eigenvalue weighted by Gasteiger charge is 2.25. The van der Waals surface area contributed by atoms with Gasteiger partial charge in [0.05, 0.1) is 19.2 Å². The van der Waals surface area contributed by atoms with Gasteiger partial charge in [-0.25, -0.2) is 9.50 Å². The number of benzene rings is 1. The zero-order valence-electron chi connectivity index (χ0n) is 16.7. The summed E-state index contributed by atoms with van der Waals surface area (Å²) in [4.78, 5) is 19.5. The van der Waals surface area contributed by atoms with Crippen LogP contribution >= 0.6 is 0 Å². The summed E-state index contributed by atoms with van der Waals surface area (Å²) >= 11 is 0. The van der Waals surface area contributed by atoms with Crippen LogP contribution in [0.15, 0.2) is 30.3 Å². The molecule has 1 aromatic carbocycles. The normalized spacial score (nSPS) is 13.6. The predicted molar refractivity (Wildman–Crippen MR) is 109 cm³/mol. The van der Waals surface area contributed by atoms with E-state index < -0.39 is 0 Å². The van der Waals surface area contributed by atoms with Crippen LogP contribution < -0.4 is 4.74 Å². The largest absolute Gasteiger partial charge is 0.497 e. The number of carbonyl (C=O) groups is 1. The Balaban J connectivity index is 1.87. The average molecular weight is 378 g/mol. The first-order valence-corrected chi connectivity index (χ1v) is 9.97. The number of ether oxygens (including phenoxy) is 1. The highest BCUT2D eigenvalue weighted by atomic mass is 16.5. The van der Waals surface area contributed by atoms with E-state index in [0.717, 1.165) is 72.0 Å². The molecule has 6 heteroatoms. The fourth-order valence-corrected chi connectivity index (χ4v) is 3.58. The molecule has 0 unspecified atom stereocenters. The van der Waals surface area contributed by atoms with Gasteiger partial charge < -0.3 is 9.64 Å². The third kappa shape index (κ3) is 3.23. The van der Waals surface area contributed by atoms with E-state index in [0.29, 0.717) is 6.42 Å². The smallest absolute Gasteiger partial charge is 0.227 e. The first-order valence-electron chi connectivity index (χ1n) is 9.97. The summed E-state index contributed by atoms with van der Waals surface area (Å²) in [6.45, 7) is 5.92. The van der Waals surface area contributed by atoms with Gasteiger partial charge in [0.1, 0.15) is 5.75 Å². The molecule has 0 N–H and O–H groups in total. The quantitative estimate of drug-likeness (QED) is 0.660. The van der Waals surface area contributed by atoms with E-state index in [1.807, 2.05) is 33.7 Å². The number of carbonyl (C=O) groups excluding carboxylic acids is 1. The van der Waals surface area contributed by atoms with E-state index in [1.165, 1.54) is 0 Å². The van der Waals surface area contributed by atoms with E-state index in [-0.39, 0.29) is 5.91 Å². The molecule has 6 nitrogen and oxygen atoms in total. The Morgan fingerprint density at radius 2 is 1.89 bits per heavy atom.